The van der Waals surface area contributed by atoms with Crippen molar-refractivity contribution < 1.29 is 19.4 Å². The Morgan fingerprint density at radius 1 is 1.15 bits per heavy atom. The van der Waals surface area contributed by atoms with Crippen LogP contribution in [0.3, 0.4) is 0 Å². The SMILES string of the molecule is COc1ccc(CC(=O)NCCCCCO)cc1OC. The third-order valence-corrected chi connectivity index (χ3v) is 2.97. The molecule has 0 bridgehead atoms. The first-order valence-electron chi connectivity index (χ1n) is 6.79. The van der Waals surface area contributed by atoms with Gasteiger partial charge in [0.1, 0.15) is 0 Å². The number of hydrogen-bond acceptors (Lipinski definition) is 4. The van der Waals surface area contributed by atoms with Crippen molar-refractivity contribution in [2.45, 2.75) is 25.7 Å². The van der Waals surface area contributed by atoms with Crippen LogP contribution in [0, 0.1) is 0 Å². The normalized spacial score (nSPS) is 10.2. The first-order chi connectivity index (χ1) is 9.71. The van der Waals surface area contributed by atoms with Gasteiger partial charge in [-0.15, -0.1) is 0 Å². The maximum absolute atomic E-state index is 11.8. The average molecular weight is 281 g/mol. The molecule has 0 aliphatic heterocycles. The second-order valence-electron chi connectivity index (χ2n) is 4.50. The Balaban J connectivity index is 2.41. The summed E-state index contributed by atoms with van der Waals surface area (Å²) in [6.45, 7) is 0.853. The van der Waals surface area contributed by atoms with Crippen molar-refractivity contribution >= 4 is 5.91 Å². The highest BCUT2D eigenvalue weighted by Gasteiger charge is 2.07. The van der Waals surface area contributed by atoms with Crippen LogP contribution < -0.4 is 14.8 Å². The average Bonchev–Trinajstić information content (AvgIpc) is 2.46. The van der Waals surface area contributed by atoms with Crippen molar-refractivity contribution in [1.29, 1.82) is 0 Å². The summed E-state index contributed by atoms with van der Waals surface area (Å²) in [5.74, 6) is 1.27. The van der Waals surface area contributed by atoms with Gasteiger partial charge in [0.25, 0.3) is 0 Å². The van der Waals surface area contributed by atoms with Gasteiger partial charge in [0.15, 0.2) is 11.5 Å². The number of hydrogen-bond donors (Lipinski definition) is 2. The number of methoxy groups -OCH3 is 2. The van der Waals surface area contributed by atoms with E-state index < -0.39 is 0 Å². The molecule has 20 heavy (non-hydrogen) atoms. The Labute approximate surface area is 119 Å². The zero-order valence-electron chi connectivity index (χ0n) is 12.1. The molecule has 5 nitrogen and oxygen atoms in total. The van der Waals surface area contributed by atoms with Gasteiger partial charge in [-0.25, -0.2) is 0 Å². The van der Waals surface area contributed by atoms with Crippen molar-refractivity contribution in [3.8, 4) is 11.5 Å². The number of ether oxygens (including phenoxy) is 2. The van der Waals surface area contributed by atoms with E-state index in [2.05, 4.69) is 5.32 Å². The Morgan fingerprint density at radius 2 is 1.90 bits per heavy atom. The highest BCUT2D eigenvalue weighted by atomic mass is 16.5. The van der Waals surface area contributed by atoms with E-state index in [0.29, 0.717) is 24.5 Å². The zero-order valence-corrected chi connectivity index (χ0v) is 12.1. The molecule has 0 unspecified atom stereocenters. The predicted octanol–water partition coefficient (Wildman–Crippen LogP) is 1.53. The summed E-state index contributed by atoms with van der Waals surface area (Å²) < 4.78 is 10.4. The summed E-state index contributed by atoms with van der Waals surface area (Å²) in [6, 6.07) is 5.46. The molecule has 0 atom stereocenters. The van der Waals surface area contributed by atoms with Crippen LogP contribution in [-0.2, 0) is 11.2 Å². The fraction of sp³-hybridized carbons (Fsp3) is 0.533. The lowest BCUT2D eigenvalue weighted by Gasteiger charge is -2.10. The maximum Gasteiger partial charge on any atom is 0.224 e. The molecule has 0 radical (unpaired) electrons. The van der Waals surface area contributed by atoms with E-state index in [9.17, 15) is 4.79 Å². The minimum Gasteiger partial charge on any atom is -0.493 e. The fourth-order valence-corrected chi connectivity index (χ4v) is 1.88. The molecule has 0 saturated heterocycles. The lowest BCUT2D eigenvalue weighted by atomic mass is 10.1. The van der Waals surface area contributed by atoms with Gasteiger partial charge in [-0.3, -0.25) is 4.79 Å². The minimum atomic E-state index is -0.0128. The van der Waals surface area contributed by atoms with Crippen LogP contribution in [0.25, 0.3) is 0 Å². The Kier molecular flexibility index (Phi) is 7.50. The van der Waals surface area contributed by atoms with Gasteiger partial charge in [0, 0.05) is 13.2 Å². The van der Waals surface area contributed by atoms with E-state index in [1.807, 2.05) is 12.1 Å². The molecule has 0 aliphatic rings. The third kappa shape index (κ3) is 5.48. The van der Waals surface area contributed by atoms with Gasteiger partial charge in [0.05, 0.1) is 20.6 Å². The van der Waals surface area contributed by atoms with E-state index in [4.69, 9.17) is 14.6 Å². The maximum atomic E-state index is 11.8. The number of carbonyl (C=O) groups excluding carboxylic acids is 1. The molecular formula is C15H23NO4. The number of rotatable bonds is 9. The Hall–Kier alpha value is -1.75. The van der Waals surface area contributed by atoms with E-state index in [0.717, 1.165) is 24.8 Å². The van der Waals surface area contributed by atoms with Crippen LogP contribution in [-0.4, -0.2) is 38.4 Å². The summed E-state index contributed by atoms with van der Waals surface area (Å²) >= 11 is 0. The van der Waals surface area contributed by atoms with Crippen LogP contribution in [0.2, 0.25) is 0 Å². The zero-order chi connectivity index (χ0) is 14.8. The fourth-order valence-electron chi connectivity index (χ4n) is 1.88. The van der Waals surface area contributed by atoms with Gasteiger partial charge < -0.3 is 19.9 Å². The van der Waals surface area contributed by atoms with Crippen molar-refractivity contribution in [2.75, 3.05) is 27.4 Å². The topological polar surface area (TPSA) is 67.8 Å². The lowest BCUT2D eigenvalue weighted by molar-refractivity contribution is -0.120. The Morgan fingerprint density at radius 3 is 2.55 bits per heavy atom. The number of amides is 1. The van der Waals surface area contributed by atoms with Crippen LogP contribution in [0.15, 0.2) is 18.2 Å². The standard InChI is InChI=1S/C15H23NO4/c1-19-13-7-6-12(10-14(13)20-2)11-15(18)16-8-4-3-5-9-17/h6-7,10,17H,3-5,8-9,11H2,1-2H3,(H,16,18). The molecule has 0 aromatic heterocycles. The summed E-state index contributed by atoms with van der Waals surface area (Å²) in [4.78, 5) is 11.8. The van der Waals surface area contributed by atoms with E-state index in [1.54, 1.807) is 20.3 Å². The first kappa shape index (κ1) is 16.3. The smallest absolute Gasteiger partial charge is 0.224 e. The summed E-state index contributed by atoms with van der Waals surface area (Å²) in [6.07, 6.45) is 2.91. The molecule has 1 aromatic carbocycles. The van der Waals surface area contributed by atoms with Crippen molar-refractivity contribution in [2.24, 2.45) is 0 Å². The molecular weight excluding hydrogens is 258 g/mol. The van der Waals surface area contributed by atoms with Gasteiger partial charge in [0.2, 0.25) is 5.91 Å². The first-order valence-corrected chi connectivity index (χ1v) is 6.79. The van der Waals surface area contributed by atoms with Crippen molar-refractivity contribution in [3.63, 3.8) is 0 Å². The molecule has 1 amide bonds. The van der Waals surface area contributed by atoms with E-state index >= 15 is 0 Å². The molecule has 0 spiro atoms. The Bertz CT molecular complexity index is 420. The number of carbonyl (C=O) groups is 1. The molecule has 112 valence electrons. The number of aliphatic hydroxyl groups is 1. The molecule has 5 heteroatoms. The minimum absolute atomic E-state index is 0.0128. The number of nitrogens with one attached hydrogen (secondary N) is 1. The summed E-state index contributed by atoms with van der Waals surface area (Å²) in [5.41, 5.74) is 0.885. The molecule has 0 heterocycles. The number of benzene rings is 1. The van der Waals surface area contributed by atoms with Crippen molar-refractivity contribution in [3.05, 3.63) is 23.8 Å². The summed E-state index contributed by atoms with van der Waals surface area (Å²) in [7, 11) is 3.15. The van der Waals surface area contributed by atoms with Gasteiger partial charge in [-0.05, 0) is 37.0 Å². The van der Waals surface area contributed by atoms with Gasteiger partial charge >= 0.3 is 0 Å². The molecule has 1 rings (SSSR count). The molecule has 0 fully saturated rings. The molecule has 0 saturated carbocycles. The number of unbranched alkanes of at least 4 members (excludes halogenated alkanes) is 2. The van der Waals surface area contributed by atoms with Gasteiger partial charge in [-0.1, -0.05) is 6.07 Å². The lowest BCUT2D eigenvalue weighted by Crippen LogP contribution is -2.26. The monoisotopic (exact) mass is 281 g/mol. The van der Waals surface area contributed by atoms with Crippen molar-refractivity contribution in [1.82, 2.24) is 5.32 Å². The molecule has 2 N–H and O–H groups in total. The van der Waals surface area contributed by atoms with Crippen LogP contribution in [0.1, 0.15) is 24.8 Å². The van der Waals surface area contributed by atoms with E-state index in [1.165, 1.54) is 0 Å². The highest BCUT2D eigenvalue weighted by molar-refractivity contribution is 5.78. The van der Waals surface area contributed by atoms with Crippen LogP contribution >= 0.6 is 0 Å². The quantitative estimate of drug-likeness (QED) is 0.674. The molecule has 1 aromatic rings. The van der Waals surface area contributed by atoms with E-state index in [-0.39, 0.29) is 12.5 Å². The highest BCUT2D eigenvalue weighted by Crippen LogP contribution is 2.27. The van der Waals surface area contributed by atoms with Gasteiger partial charge in [-0.2, -0.15) is 0 Å². The second kappa shape index (κ2) is 9.20. The summed E-state index contributed by atoms with van der Waals surface area (Å²) in [5, 5.41) is 11.5. The predicted molar refractivity (Wildman–Crippen MR) is 77.2 cm³/mol. The molecule has 0 aliphatic carbocycles. The largest absolute Gasteiger partial charge is 0.493 e. The number of aliphatic hydroxyl groups excluding tert-OH is 1. The van der Waals surface area contributed by atoms with Crippen LogP contribution in [0.4, 0.5) is 0 Å². The second-order valence-corrected chi connectivity index (χ2v) is 4.50. The van der Waals surface area contributed by atoms with Crippen LogP contribution in [0.5, 0.6) is 11.5 Å². The third-order valence-electron chi connectivity index (χ3n) is 2.97.